The molecule has 0 saturated carbocycles. The maximum atomic E-state index is 11.5. The molecule has 0 aliphatic carbocycles. The average molecular weight is 285 g/mol. The Morgan fingerprint density at radius 2 is 1.89 bits per heavy atom. The van der Waals surface area contributed by atoms with Crippen molar-refractivity contribution in [2.75, 3.05) is 17.6 Å². The van der Waals surface area contributed by atoms with E-state index in [0.29, 0.717) is 11.3 Å². The Hall–Kier alpha value is -1.27. The van der Waals surface area contributed by atoms with Crippen LogP contribution in [0.1, 0.15) is 38.2 Å². The number of nitrogens with one attached hydrogen (secondary N) is 1. The molecule has 108 valence electrons. The van der Waals surface area contributed by atoms with Gasteiger partial charge in [0.2, 0.25) is 10.0 Å². The number of unbranched alkanes of at least 4 members (excludes halogenated alkanes) is 3. The third kappa shape index (κ3) is 4.72. The molecule has 0 unspecified atom stereocenters. The second kappa shape index (κ2) is 6.77. The van der Waals surface area contributed by atoms with Crippen molar-refractivity contribution in [2.45, 2.75) is 44.4 Å². The normalized spacial score (nSPS) is 11.5. The molecule has 0 aromatic heterocycles. The highest BCUT2D eigenvalue weighted by Gasteiger charge is 2.15. The van der Waals surface area contributed by atoms with Crippen molar-refractivity contribution in [1.29, 1.82) is 0 Å². The van der Waals surface area contributed by atoms with Crippen molar-refractivity contribution in [1.82, 2.24) is 0 Å². The molecular formula is C13H23N3O2S. The Balaban J connectivity index is 2.82. The molecule has 0 heterocycles. The molecule has 0 atom stereocenters. The van der Waals surface area contributed by atoms with Gasteiger partial charge in [-0.3, -0.25) is 0 Å². The van der Waals surface area contributed by atoms with Crippen molar-refractivity contribution >= 4 is 21.4 Å². The fraction of sp³-hybridized carbons (Fsp3) is 0.538. The quantitative estimate of drug-likeness (QED) is 0.528. The molecular weight excluding hydrogens is 262 g/mol. The Labute approximate surface area is 115 Å². The summed E-state index contributed by atoms with van der Waals surface area (Å²) in [4.78, 5) is 0.0866. The first-order valence-corrected chi connectivity index (χ1v) is 8.07. The van der Waals surface area contributed by atoms with E-state index >= 15 is 0 Å². The largest absolute Gasteiger partial charge is 0.399 e. The molecule has 1 aromatic carbocycles. The number of hydrogen-bond acceptors (Lipinski definition) is 4. The zero-order valence-corrected chi connectivity index (χ0v) is 12.4. The van der Waals surface area contributed by atoms with Crippen LogP contribution in [0.3, 0.4) is 0 Å². The number of primary sulfonamides is 1. The molecule has 6 heteroatoms. The standard InChI is InChI=1S/C13H23N3O2S/c1-3-4-5-6-7-16-12-8-11(14)9-13(10(12)2)19(15,17)18/h8-9,16H,3-7,14H2,1-2H3,(H2,15,17,18). The Kier molecular flexibility index (Phi) is 5.62. The summed E-state index contributed by atoms with van der Waals surface area (Å²) in [5.74, 6) is 0. The minimum atomic E-state index is -3.74. The van der Waals surface area contributed by atoms with E-state index in [4.69, 9.17) is 10.9 Å². The third-order valence-electron chi connectivity index (χ3n) is 3.03. The van der Waals surface area contributed by atoms with Crippen LogP contribution >= 0.6 is 0 Å². The highest BCUT2D eigenvalue weighted by Crippen LogP contribution is 2.26. The van der Waals surface area contributed by atoms with Gasteiger partial charge in [-0.05, 0) is 31.0 Å². The average Bonchev–Trinajstić information content (AvgIpc) is 2.31. The van der Waals surface area contributed by atoms with Gasteiger partial charge in [0, 0.05) is 17.9 Å². The third-order valence-corrected chi connectivity index (χ3v) is 4.07. The molecule has 5 nitrogen and oxygen atoms in total. The zero-order valence-electron chi connectivity index (χ0n) is 11.6. The molecule has 0 bridgehead atoms. The molecule has 0 amide bonds. The van der Waals surface area contributed by atoms with Crippen LogP contribution in [0.25, 0.3) is 0 Å². The summed E-state index contributed by atoms with van der Waals surface area (Å²) >= 11 is 0. The van der Waals surface area contributed by atoms with Crippen molar-refractivity contribution in [3.63, 3.8) is 0 Å². The number of nitrogen functional groups attached to an aromatic ring is 1. The van der Waals surface area contributed by atoms with Gasteiger partial charge < -0.3 is 11.1 Å². The smallest absolute Gasteiger partial charge is 0.238 e. The summed E-state index contributed by atoms with van der Waals surface area (Å²) < 4.78 is 22.9. The molecule has 0 fully saturated rings. The SMILES string of the molecule is CCCCCCNc1cc(N)cc(S(N)(=O)=O)c1C. The van der Waals surface area contributed by atoms with Crippen LogP contribution in [0.5, 0.6) is 0 Å². The lowest BCUT2D eigenvalue weighted by Crippen LogP contribution is -2.15. The van der Waals surface area contributed by atoms with Crippen LogP contribution < -0.4 is 16.2 Å². The fourth-order valence-corrected chi connectivity index (χ4v) is 2.80. The second-order valence-electron chi connectivity index (χ2n) is 4.72. The van der Waals surface area contributed by atoms with Crippen molar-refractivity contribution in [3.8, 4) is 0 Å². The lowest BCUT2D eigenvalue weighted by atomic mass is 10.1. The summed E-state index contributed by atoms with van der Waals surface area (Å²) in [6.45, 7) is 4.69. The van der Waals surface area contributed by atoms with E-state index in [1.165, 1.54) is 18.9 Å². The molecule has 1 rings (SSSR count). The fourth-order valence-electron chi connectivity index (χ4n) is 1.96. The molecule has 0 spiro atoms. The van der Waals surface area contributed by atoms with Gasteiger partial charge in [-0.25, -0.2) is 13.6 Å². The maximum Gasteiger partial charge on any atom is 0.238 e. The molecule has 0 saturated heterocycles. The van der Waals surface area contributed by atoms with E-state index in [-0.39, 0.29) is 4.90 Å². The number of benzene rings is 1. The molecule has 5 N–H and O–H groups in total. The summed E-state index contributed by atoms with van der Waals surface area (Å²) in [7, 11) is -3.74. The van der Waals surface area contributed by atoms with E-state index in [2.05, 4.69) is 12.2 Å². The predicted octanol–water partition coefficient (Wildman–Crippen LogP) is 2.22. The minimum absolute atomic E-state index is 0.0866. The zero-order chi connectivity index (χ0) is 14.5. The van der Waals surface area contributed by atoms with Gasteiger partial charge in [-0.2, -0.15) is 0 Å². The monoisotopic (exact) mass is 285 g/mol. The predicted molar refractivity (Wildman–Crippen MR) is 79.6 cm³/mol. The number of hydrogen-bond donors (Lipinski definition) is 3. The summed E-state index contributed by atoms with van der Waals surface area (Å²) in [6.07, 6.45) is 4.60. The molecule has 0 aliphatic rings. The molecule has 0 radical (unpaired) electrons. The Morgan fingerprint density at radius 1 is 1.21 bits per heavy atom. The summed E-state index contributed by atoms with van der Waals surface area (Å²) in [5, 5.41) is 8.40. The lowest BCUT2D eigenvalue weighted by molar-refractivity contribution is 0.597. The summed E-state index contributed by atoms with van der Waals surface area (Å²) in [5.41, 5.74) is 7.47. The second-order valence-corrected chi connectivity index (χ2v) is 6.25. The van der Waals surface area contributed by atoms with Gasteiger partial charge in [0.25, 0.3) is 0 Å². The lowest BCUT2D eigenvalue weighted by Gasteiger charge is -2.13. The van der Waals surface area contributed by atoms with Crippen molar-refractivity contribution in [3.05, 3.63) is 17.7 Å². The van der Waals surface area contributed by atoms with Crippen LogP contribution in [0.2, 0.25) is 0 Å². The highest BCUT2D eigenvalue weighted by molar-refractivity contribution is 7.89. The van der Waals surface area contributed by atoms with Gasteiger partial charge >= 0.3 is 0 Å². The van der Waals surface area contributed by atoms with E-state index in [0.717, 1.165) is 25.1 Å². The number of nitrogens with two attached hydrogens (primary N) is 2. The first kappa shape index (κ1) is 15.8. The maximum absolute atomic E-state index is 11.5. The van der Waals surface area contributed by atoms with E-state index in [1.807, 2.05) is 0 Å². The van der Waals surface area contributed by atoms with Gasteiger partial charge in [0.1, 0.15) is 0 Å². The Morgan fingerprint density at radius 3 is 2.47 bits per heavy atom. The number of sulfonamides is 1. The summed E-state index contributed by atoms with van der Waals surface area (Å²) in [6, 6.07) is 3.14. The Bertz CT molecular complexity index is 527. The van der Waals surface area contributed by atoms with Gasteiger partial charge in [0.15, 0.2) is 0 Å². The van der Waals surface area contributed by atoms with Crippen LogP contribution in [-0.4, -0.2) is 15.0 Å². The van der Waals surface area contributed by atoms with Crippen molar-refractivity contribution < 1.29 is 8.42 Å². The molecule has 1 aromatic rings. The van der Waals surface area contributed by atoms with Crippen molar-refractivity contribution in [2.24, 2.45) is 5.14 Å². The van der Waals surface area contributed by atoms with E-state index < -0.39 is 10.0 Å². The van der Waals surface area contributed by atoms with Gasteiger partial charge in [0.05, 0.1) is 4.90 Å². The van der Waals surface area contributed by atoms with E-state index in [9.17, 15) is 8.42 Å². The highest BCUT2D eigenvalue weighted by atomic mass is 32.2. The minimum Gasteiger partial charge on any atom is -0.399 e. The first-order chi connectivity index (χ1) is 8.86. The van der Waals surface area contributed by atoms with E-state index in [1.54, 1.807) is 13.0 Å². The van der Waals surface area contributed by atoms with Gasteiger partial charge in [-0.15, -0.1) is 0 Å². The van der Waals surface area contributed by atoms with Gasteiger partial charge in [-0.1, -0.05) is 26.2 Å². The van der Waals surface area contributed by atoms with Crippen LogP contribution in [0, 0.1) is 6.92 Å². The van der Waals surface area contributed by atoms with Crippen LogP contribution in [0.4, 0.5) is 11.4 Å². The molecule has 19 heavy (non-hydrogen) atoms. The molecule has 0 aliphatic heterocycles. The first-order valence-electron chi connectivity index (χ1n) is 6.53. The number of anilines is 2. The van der Waals surface area contributed by atoms with Crippen LogP contribution in [-0.2, 0) is 10.0 Å². The van der Waals surface area contributed by atoms with Crippen LogP contribution in [0.15, 0.2) is 17.0 Å². The topological polar surface area (TPSA) is 98.2 Å². The number of rotatable bonds is 7.